The average Bonchev–Trinajstić information content (AvgIpc) is 2.77. The molecule has 2 rings (SSSR count). The summed E-state index contributed by atoms with van der Waals surface area (Å²) in [4.78, 5) is 12.8. The lowest BCUT2D eigenvalue weighted by atomic mass is 10.2. The molecular formula is C15H19F3N2O2. The fourth-order valence-corrected chi connectivity index (χ4v) is 2.34. The maximum atomic E-state index is 12.4. The molecule has 1 aliphatic rings. The van der Waals surface area contributed by atoms with Crippen molar-refractivity contribution in [1.29, 1.82) is 0 Å². The van der Waals surface area contributed by atoms with Crippen LogP contribution in [0.5, 0.6) is 5.75 Å². The van der Waals surface area contributed by atoms with Gasteiger partial charge in [0.1, 0.15) is 18.3 Å². The molecule has 7 heteroatoms. The molecule has 0 bridgehead atoms. The molecule has 1 saturated heterocycles. The first-order valence-corrected chi connectivity index (χ1v) is 7.24. The van der Waals surface area contributed by atoms with Crippen molar-refractivity contribution in [2.45, 2.75) is 32.0 Å². The quantitative estimate of drug-likeness (QED) is 0.877. The normalized spacial score (nSPS) is 18.6. The van der Waals surface area contributed by atoms with Crippen LogP contribution in [-0.2, 0) is 4.79 Å². The van der Waals surface area contributed by atoms with Crippen LogP contribution in [0.3, 0.4) is 0 Å². The number of anilines is 1. The summed E-state index contributed by atoms with van der Waals surface area (Å²) in [5.74, 6) is 0.154. The molecule has 1 aliphatic heterocycles. The molecule has 1 aromatic carbocycles. The predicted octanol–water partition coefficient (Wildman–Crippen LogP) is 3.05. The number of benzene rings is 1. The molecule has 122 valence electrons. The van der Waals surface area contributed by atoms with Crippen molar-refractivity contribution >= 4 is 11.6 Å². The number of alkyl halides is 3. The number of nitrogens with one attached hydrogen (secondary N) is 1. The molecule has 1 heterocycles. The van der Waals surface area contributed by atoms with Gasteiger partial charge in [-0.2, -0.15) is 13.2 Å². The lowest BCUT2D eigenvalue weighted by Crippen LogP contribution is -2.39. The summed E-state index contributed by atoms with van der Waals surface area (Å²) in [6, 6.07) is 6.46. The van der Waals surface area contributed by atoms with Gasteiger partial charge in [0.05, 0.1) is 6.61 Å². The zero-order chi connectivity index (χ0) is 16.2. The van der Waals surface area contributed by atoms with Crippen molar-refractivity contribution in [3.05, 3.63) is 24.3 Å². The molecule has 1 amide bonds. The largest absolute Gasteiger partial charge is 0.494 e. The first-order chi connectivity index (χ1) is 10.4. The van der Waals surface area contributed by atoms with E-state index in [1.807, 2.05) is 6.92 Å². The highest BCUT2D eigenvalue weighted by atomic mass is 19.4. The van der Waals surface area contributed by atoms with Crippen LogP contribution >= 0.6 is 0 Å². The molecule has 1 fully saturated rings. The lowest BCUT2D eigenvalue weighted by Gasteiger charge is -2.19. The first kappa shape index (κ1) is 16.5. The standard InChI is InChI=1S/C15H19F3N2O2/c1-2-8-22-12-5-3-4-11(9-12)19-13-6-7-20(14(13)21)10-15(16,17)18/h3-5,9,13,19H,2,6-8,10H2,1H3/t13-/m1/s1. The van der Waals surface area contributed by atoms with E-state index in [1.54, 1.807) is 24.3 Å². The monoisotopic (exact) mass is 316 g/mol. The van der Waals surface area contributed by atoms with Crippen LogP contribution in [-0.4, -0.2) is 42.7 Å². The minimum Gasteiger partial charge on any atom is -0.494 e. The predicted molar refractivity (Wildman–Crippen MR) is 76.9 cm³/mol. The Hall–Kier alpha value is -1.92. The summed E-state index contributed by atoms with van der Waals surface area (Å²) < 4.78 is 42.6. The van der Waals surface area contributed by atoms with Gasteiger partial charge < -0.3 is 15.0 Å². The second-order valence-corrected chi connectivity index (χ2v) is 5.24. The highest BCUT2D eigenvalue weighted by Gasteiger charge is 2.39. The Balaban J connectivity index is 1.95. The molecule has 22 heavy (non-hydrogen) atoms. The maximum absolute atomic E-state index is 12.4. The molecule has 0 aromatic heterocycles. The number of ether oxygens (including phenoxy) is 1. The van der Waals surface area contributed by atoms with Crippen LogP contribution in [0.15, 0.2) is 24.3 Å². The van der Waals surface area contributed by atoms with Gasteiger partial charge in [0.15, 0.2) is 0 Å². The number of hydrogen-bond acceptors (Lipinski definition) is 3. The number of likely N-dealkylation sites (tertiary alicyclic amines) is 1. The summed E-state index contributed by atoms with van der Waals surface area (Å²) >= 11 is 0. The first-order valence-electron chi connectivity index (χ1n) is 7.24. The minimum atomic E-state index is -4.36. The van der Waals surface area contributed by atoms with E-state index in [0.717, 1.165) is 11.3 Å². The summed E-state index contributed by atoms with van der Waals surface area (Å²) in [6.07, 6.45) is -3.13. The summed E-state index contributed by atoms with van der Waals surface area (Å²) in [5, 5.41) is 2.98. The number of rotatable bonds is 6. The summed E-state index contributed by atoms with van der Waals surface area (Å²) in [6.45, 7) is 1.51. The van der Waals surface area contributed by atoms with Gasteiger partial charge in [-0.1, -0.05) is 13.0 Å². The number of halogens is 3. The van der Waals surface area contributed by atoms with Gasteiger partial charge in [-0.05, 0) is 25.0 Å². The summed E-state index contributed by atoms with van der Waals surface area (Å²) in [7, 11) is 0. The Bertz CT molecular complexity index is 520. The molecule has 1 atom stereocenters. The molecule has 0 aliphatic carbocycles. The van der Waals surface area contributed by atoms with Crippen LogP contribution in [0, 0.1) is 0 Å². The maximum Gasteiger partial charge on any atom is 0.406 e. The van der Waals surface area contributed by atoms with E-state index in [0.29, 0.717) is 24.5 Å². The van der Waals surface area contributed by atoms with Gasteiger partial charge in [0.2, 0.25) is 5.91 Å². The van der Waals surface area contributed by atoms with E-state index in [9.17, 15) is 18.0 Å². The van der Waals surface area contributed by atoms with Gasteiger partial charge in [-0.3, -0.25) is 4.79 Å². The van der Waals surface area contributed by atoms with Crippen molar-refractivity contribution < 1.29 is 22.7 Å². The van der Waals surface area contributed by atoms with Crippen LogP contribution in [0.4, 0.5) is 18.9 Å². The fraction of sp³-hybridized carbons (Fsp3) is 0.533. The molecule has 0 radical (unpaired) electrons. The number of hydrogen-bond donors (Lipinski definition) is 1. The highest BCUT2D eigenvalue weighted by molar-refractivity contribution is 5.86. The minimum absolute atomic E-state index is 0.113. The van der Waals surface area contributed by atoms with E-state index in [2.05, 4.69) is 5.32 Å². The Morgan fingerprint density at radius 3 is 2.86 bits per heavy atom. The number of carbonyl (C=O) groups is 1. The Labute approximate surface area is 127 Å². The smallest absolute Gasteiger partial charge is 0.406 e. The van der Waals surface area contributed by atoms with E-state index >= 15 is 0 Å². The molecule has 0 saturated carbocycles. The van der Waals surface area contributed by atoms with Crippen LogP contribution in [0.25, 0.3) is 0 Å². The van der Waals surface area contributed by atoms with Gasteiger partial charge in [0, 0.05) is 18.3 Å². The van der Waals surface area contributed by atoms with Gasteiger partial charge in [-0.25, -0.2) is 0 Å². The lowest BCUT2D eigenvalue weighted by molar-refractivity contribution is -0.157. The Morgan fingerprint density at radius 2 is 2.18 bits per heavy atom. The van der Waals surface area contributed by atoms with E-state index in [1.165, 1.54) is 0 Å². The Morgan fingerprint density at radius 1 is 1.41 bits per heavy atom. The zero-order valence-electron chi connectivity index (χ0n) is 12.3. The van der Waals surface area contributed by atoms with Gasteiger partial charge in [0.25, 0.3) is 0 Å². The van der Waals surface area contributed by atoms with Gasteiger partial charge >= 0.3 is 6.18 Å². The second-order valence-electron chi connectivity index (χ2n) is 5.24. The van der Waals surface area contributed by atoms with Gasteiger partial charge in [-0.15, -0.1) is 0 Å². The van der Waals surface area contributed by atoms with Crippen LogP contribution < -0.4 is 10.1 Å². The molecule has 1 aromatic rings. The SMILES string of the molecule is CCCOc1cccc(N[C@@H]2CCN(CC(F)(F)F)C2=O)c1. The van der Waals surface area contributed by atoms with Crippen molar-refractivity contribution in [2.75, 3.05) is 25.0 Å². The van der Waals surface area contributed by atoms with Crippen molar-refractivity contribution in [2.24, 2.45) is 0 Å². The zero-order valence-corrected chi connectivity index (χ0v) is 12.3. The van der Waals surface area contributed by atoms with Crippen molar-refractivity contribution in [1.82, 2.24) is 4.90 Å². The molecule has 4 nitrogen and oxygen atoms in total. The third-order valence-electron chi connectivity index (χ3n) is 3.32. The summed E-state index contributed by atoms with van der Waals surface area (Å²) in [5.41, 5.74) is 0.667. The van der Waals surface area contributed by atoms with E-state index in [-0.39, 0.29) is 6.54 Å². The fourth-order valence-electron chi connectivity index (χ4n) is 2.34. The second kappa shape index (κ2) is 6.89. The topological polar surface area (TPSA) is 41.6 Å². The number of amides is 1. The molecule has 0 unspecified atom stereocenters. The Kier molecular flexibility index (Phi) is 5.15. The third-order valence-corrected chi connectivity index (χ3v) is 3.32. The van der Waals surface area contributed by atoms with Crippen molar-refractivity contribution in [3.8, 4) is 5.75 Å². The molecule has 0 spiro atoms. The highest BCUT2D eigenvalue weighted by Crippen LogP contribution is 2.24. The van der Waals surface area contributed by atoms with E-state index in [4.69, 9.17) is 4.74 Å². The average molecular weight is 316 g/mol. The molecular weight excluding hydrogens is 297 g/mol. The van der Waals surface area contributed by atoms with Crippen molar-refractivity contribution in [3.63, 3.8) is 0 Å². The number of nitrogens with zero attached hydrogens (tertiary/aromatic N) is 1. The van der Waals surface area contributed by atoms with Crippen LogP contribution in [0.2, 0.25) is 0 Å². The number of carbonyl (C=O) groups excluding carboxylic acids is 1. The van der Waals surface area contributed by atoms with E-state index < -0.39 is 24.7 Å². The molecule has 1 N–H and O–H groups in total. The van der Waals surface area contributed by atoms with Crippen LogP contribution in [0.1, 0.15) is 19.8 Å². The third kappa shape index (κ3) is 4.54.